The zero-order valence-electron chi connectivity index (χ0n) is 21.1. The van der Waals surface area contributed by atoms with Gasteiger partial charge in [0.1, 0.15) is 25.0 Å². The zero-order valence-corrected chi connectivity index (χ0v) is 23.4. The highest BCUT2D eigenvalue weighted by molar-refractivity contribution is 6.38. The lowest BCUT2D eigenvalue weighted by Crippen LogP contribution is -2.34. The number of piperidine rings is 2. The highest BCUT2D eigenvalue weighted by Crippen LogP contribution is 2.21. The molecule has 0 bridgehead atoms. The molecule has 0 radical (unpaired) electrons. The molecule has 11 heteroatoms. The van der Waals surface area contributed by atoms with E-state index in [2.05, 4.69) is 32.2 Å². The Morgan fingerprint density at radius 2 is 1.54 bits per heavy atom. The molecule has 3 heterocycles. The van der Waals surface area contributed by atoms with Crippen LogP contribution < -0.4 is 16.4 Å². The normalized spacial score (nSPS) is 15.9. The third-order valence-electron chi connectivity index (χ3n) is 4.89. The van der Waals surface area contributed by atoms with Gasteiger partial charge in [-0.25, -0.2) is 14.5 Å². The molecule has 3 rings (SSSR count). The number of allylic oxidation sites excluding steroid dienone is 1. The summed E-state index contributed by atoms with van der Waals surface area (Å²) in [6.45, 7) is 4.17. The van der Waals surface area contributed by atoms with Crippen molar-refractivity contribution >= 4 is 46.9 Å². The van der Waals surface area contributed by atoms with Gasteiger partial charge in [-0.1, -0.05) is 30.6 Å². The van der Waals surface area contributed by atoms with E-state index in [1.807, 2.05) is 50.1 Å². The van der Waals surface area contributed by atoms with Crippen LogP contribution in [0.4, 0.5) is 0 Å². The molecule has 0 aliphatic carbocycles. The van der Waals surface area contributed by atoms with Crippen molar-refractivity contribution in [3.63, 3.8) is 0 Å². The average Bonchev–Trinajstić information content (AvgIpc) is 2.82. The lowest BCUT2D eigenvalue weighted by Gasteiger charge is -2.20. The van der Waals surface area contributed by atoms with Crippen molar-refractivity contribution in [1.29, 1.82) is 5.41 Å². The van der Waals surface area contributed by atoms with Crippen molar-refractivity contribution in [2.24, 2.45) is 11.7 Å². The lowest BCUT2D eigenvalue weighted by molar-refractivity contribution is -0.458. The summed E-state index contributed by atoms with van der Waals surface area (Å²) < 4.78 is 1.91. The molecule has 0 saturated carbocycles. The van der Waals surface area contributed by atoms with Crippen LogP contribution in [0, 0.1) is 11.3 Å². The number of nitrogens with zero attached hydrogens (tertiary/aromatic N) is 4. The second-order valence-corrected chi connectivity index (χ2v) is 9.21. The Hall–Kier alpha value is -1.45. The van der Waals surface area contributed by atoms with Gasteiger partial charge in [-0.3, -0.25) is 5.41 Å². The highest BCUT2D eigenvalue weighted by Gasteiger charge is 2.17. The number of alkyl halides is 1. The van der Waals surface area contributed by atoms with Crippen molar-refractivity contribution in [3.8, 4) is 0 Å². The van der Waals surface area contributed by atoms with Crippen molar-refractivity contribution in [2.75, 3.05) is 60.8 Å². The Morgan fingerprint density at radius 3 is 1.91 bits per heavy atom. The fourth-order valence-corrected chi connectivity index (χ4v) is 3.76. The monoisotopic (exact) mass is 554 g/mol. The summed E-state index contributed by atoms with van der Waals surface area (Å²) in [7, 11) is 7.75. The van der Waals surface area contributed by atoms with E-state index in [1.165, 1.54) is 6.38 Å². The van der Waals surface area contributed by atoms with Crippen LogP contribution in [-0.2, 0) is 0 Å². The van der Waals surface area contributed by atoms with Gasteiger partial charge >= 0.3 is 0 Å². The van der Waals surface area contributed by atoms with Crippen LogP contribution in [-0.4, -0.2) is 92.2 Å². The Labute approximate surface area is 229 Å². The first kappa shape index (κ1) is 35.7. The molecular formula is C24H48Cl3N8+. The summed E-state index contributed by atoms with van der Waals surface area (Å²) in [5, 5.41) is 15.0. The molecular weight excluding hydrogens is 507 g/mol. The van der Waals surface area contributed by atoms with Crippen LogP contribution >= 0.6 is 34.8 Å². The van der Waals surface area contributed by atoms with Crippen LogP contribution in [0.15, 0.2) is 23.6 Å². The molecule has 0 amide bonds. The average molecular weight is 556 g/mol. The summed E-state index contributed by atoms with van der Waals surface area (Å²) in [4.78, 5) is 10.4. The van der Waals surface area contributed by atoms with Gasteiger partial charge in [0, 0.05) is 52.3 Å². The number of rotatable bonds is 4. The molecule has 8 nitrogen and oxygen atoms in total. The number of hydrogen-bond donors (Lipinski definition) is 4. The maximum atomic E-state index is 7.14. The van der Waals surface area contributed by atoms with Gasteiger partial charge < -0.3 is 21.3 Å². The van der Waals surface area contributed by atoms with E-state index in [9.17, 15) is 0 Å². The minimum absolute atomic E-state index is 0. The molecule has 2 aliphatic heterocycles. The molecule has 2 fully saturated rings. The van der Waals surface area contributed by atoms with E-state index in [0.29, 0.717) is 22.7 Å². The molecule has 1 aromatic rings. The summed E-state index contributed by atoms with van der Waals surface area (Å²) in [6.07, 6.45) is 12.8. The third kappa shape index (κ3) is 18.5. The van der Waals surface area contributed by atoms with Crippen LogP contribution in [0.5, 0.6) is 0 Å². The van der Waals surface area contributed by atoms with E-state index < -0.39 is 0 Å². The van der Waals surface area contributed by atoms with E-state index >= 15 is 0 Å². The maximum Gasteiger partial charge on any atom is 0.183 e. The van der Waals surface area contributed by atoms with Gasteiger partial charge in [0.2, 0.25) is 0 Å². The van der Waals surface area contributed by atoms with Crippen LogP contribution in [0.2, 0.25) is 5.02 Å². The number of halogens is 3. The number of aromatic nitrogens is 2. The molecule has 2 aliphatic rings. The quantitative estimate of drug-likeness (QED) is 0.192. The summed E-state index contributed by atoms with van der Waals surface area (Å²) in [5.74, 6) is 2.16. The van der Waals surface area contributed by atoms with Gasteiger partial charge in [-0.15, -0.1) is 11.6 Å². The van der Waals surface area contributed by atoms with Crippen LogP contribution in [0.1, 0.15) is 46.3 Å². The third-order valence-corrected chi connectivity index (χ3v) is 5.28. The van der Waals surface area contributed by atoms with E-state index in [4.69, 9.17) is 34.3 Å². The Kier molecular flexibility index (Phi) is 22.2. The van der Waals surface area contributed by atoms with Gasteiger partial charge in [0.25, 0.3) is 0 Å². The topological polar surface area (TPSA) is 106 Å². The minimum Gasteiger partial charge on any atom is -0.387 e. The molecule has 0 aromatic carbocycles. The van der Waals surface area contributed by atoms with E-state index in [-0.39, 0.29) is 8.85 Å². The zero-order chi connectivity index (χ0) is 25.9. The molecule has 204 valence electrons. The second-order valence-electron chi connectivity index (χ2n) is 8.33. The Balaban J connectivity index is -0.000000435. The number of amidine groups is 1. The summed E-state index contributed by atoms with van der Waals surface area (Å²) >= 11 is 16.1. The van der Waals surface area contributed by atoms with Crippen LogP contribution in [0.3, 0.4) is 0 Å². The molecule has 5 N–H and O–H groups in total. The maximum absolute atomic E-state index is 7.14. The smallest absolute Gasteiger partial charge is 0.183 e. The first-order valence-electron chi connectivity index (χ1n) is 11.3. The lowest BCUT2D eigenvalue weighted by atomic mass is 9.97. The van der Waals surface area contributed by atoms with Gasteiger partial charge in [0.15, 0.2) is 6.21 Å². The molecule has 0 unspecified atom stereocenters. The van der Waals surface area contributed by atoms with Gasteiger partial charge in [-0.2, -0.15) is 0 Å². The number of hydrogen-bond acceptors (Lipinski definition) is 6. The highest BCUT2D eigenvalue weighted by atomic mass is 35.5. The fraction of sp³-hybridized carbons (Fsp3) is 0.667. The SMILES string of the molecule is C.CCl.CN(C)/C=C(\Cl)C=[N+](C)C.Clc1cnc(C2CCNCC2)nc1.N=C(N)C1CCNCC1.[2HH]. The molecule has 0 spiro atoms. The molecule has 1 aromatic heterocycles. The van der Waals surface area contributed by atoms with Crippen molar-refractivity contribution in [1.82, 2.24) is 25.5 Å². The van der Waals surface area contributed by atoms with E-state index in [1.54, 1.807) is 12.4 Å². The Morgan fingerprint density at radius 1 is 1.09 bits per heavy atom. The first-order valence-corrected chi connectivity index (χ1v) is 12.9. The van der Waals surface area contributed by atoms with Crippen molar-refractivity contribution in [2.45, 2.75) is 39.0 Å². The molecule has 0 atom stereocenters. The first-order chi connectivity index (χ1) is 16.2. The van der Waals surface area contributed by atoms with Gasteiger partial charge in [0.05, 0.1) is 10.9 Å². The van der Waals surface area contributed by atoms with E-state index in [0.717, 1.165) is 62.7 Å². The Bertz CT molecular complexity index is 729. The summed E-state index contributed by atoms with van der Waals surface area (Å²) in [6, 6.07) is 0. The number of nitrogens with two attached hydrogens (primary N) is 1. The predicted octanol–water partition coefficient (Wildman–Crippen LogP) is 4.23. The van der Waals surface area contributed by atoms with Crippen molar-refractivity contribution < 1.29 is 6.00 Å². The number of nitrogens with one attached hydrogen (secondary N) is 3. The van der Waals surface area contributed by atoms with Crippen LogP contribution in [0.25, 0.3) is 0 Å². The summed E-state index contributed by atoms with van der Waals surface area (Å²) in [5.41, 5.74) is 5.32. The van der Waals surface area contributed by atoms with Gasteiger partial charge in [-0.05, 0) is 51.9 Å². The second kappa shape index (κ2) is 21.8. The van der Waals surface area contributed by atoms with Crippen molar-refractivity contribution in [3.05, 3.63) is 34.5 Å². The molecule has 2 saturated heterocycles. The largest absolute Gasteiger partial charge is 0.387 e. The standard InChI is InChI=1S/C9H12ClN3.C7H14ClN2.C6H13N3.CH3Cl.CH4.H2/c10-8-5-12-9(13-6-8)7-1-3-11-4-2-7;1-9(2)5-7(8)6-10(3)4;7-6(8)5-1-3-9-4-2-5;1-2;;/h5-7,11H,1-4H2;5-6H,1-4H3;5,9H,1-4H2,(H3,7,8);1H3;1H4;1H/q;+1;;;;/i;;;;;1+1. The molecule has 35 heavy (non-hydrogen) atoms. The predicted molar refractivity (Wildman–Crippen MR) is 156 cm³/mol. The minimum atomic E-state index is 0. The fourth-order valence-electron chi connectivity index (χ4n) is 3.27.